The highest BCUT2D eigenvalue weighted by Gasteiger charge is 2.06. The molecule has 1 heterocycles. The van der Waals surface area contributed by atoms with E-state index in [2.05, 4.69) is 43.1 Å². The van der Waals surface area contributed by atoms with E-state index in [1.54, 1.807) is 0 Å². The van der Waals surface area contributed by atoms with Crippen LogP contribution in [0.1, 0.15) is 19.8 Å². The zero-order chi connectivity index (χ0) is 10.7. The smallest absolute Gasteiger partial charge is 0.149 e. The number of hydrogen-bond acceptors (Lipinski definition) is 4. The monoisotopic (exact) mass is 269 g/mol. The number of unbranched alkanes of at least 4 members (excludes halogenated alkanes) is 1. The molecule has 0 atom stereocenters. The molecule has 80 valence electrons. The van der Waals surface area contributed by atoms with Crippen LogP contribution in [-0.4, -0.2) is 16.9 Å². The Kier molecular flexibility index (Phi) is 3.20. The molecule has 0 aliphatic rings. The maximum Gasteiger partial charge on any atom is 0.149 e. The molecule has 1 N–H and O–H groups in total. The van der Waals surface area contributed by atoms with Gasteiger partial charge in [-0.3, -0.25) is 0 Å². The maximum atomic E-state index is 4.67. The first-order valence-electron chi connectivity index (χ1n) is 4.97. The topological polar surface area (TPSA) is 51.0 Å². The molecule has 0 spiro atoms. The Morgan fingerprint density at radius 2 is 2.27 bits per heavy atom. The van der Waals surface area contributed by atoms with Crippen molar-refractivity contribution >= 4 is 32.7 Å². The van der Waals surface area contributed by atoms with Gasteiger partial charge in [0.05, 0.1) is 4.47 Å². The van der Waals surface area contributed by atoms with E-state index in [1.807, 2.05) is 12.1 Å². The lowest BCUT2D eigenvalue weighted by atomic mass is 10.2. The van der Waals surface area contributed by atoms with E-state index < -0.39 is 0 Å². The Hall–Kier alpha value is -1.10. The molecule has 2 rings (SSSR count). The molecule has 2 aromatic rings. The van der Waals surface area contributed by atoms with E-state index in [4.69, 9.17) is 0 Å². The van der Waals surface area contributed by atoms with Crippen molar-refractivity contribution in [2.45, 2.75) is 19.8 Å². The normalized spacial score (nSPS) is 10.8. The summed E-state index contributed by atoms with van der Waals surface area (Å²) in [5.41, 5.74) is 2.57. The fraction of sp³-hybridized carbons (Fsp3) is 0.400. The quantitative estimate of drug-likeness (QED) is 0.867. The molecule has 1 aromatic carbocycles. The van der Waals surface area contributed by atoms with Crippen molar-refractivity contribution in [3.63, 3.8) is 0 Å². The fourth-order valence-corrected chi connectivity index (χ4v) is 1.88. The van der Waals surface area contributed by atoms with Crippen LogP contribution in [0.3, 0.4) is 0 Å². The van der Waals surface area contributed by atoms with E-state index in [0.29, 0.717) is 0 Å². The van der Waals surface area contributed by atoms with Gasteiger partial charge in [0.25, 0.3) is 0 Å². The van der Waals surface area contributed by atoms with Crippen molar-refractivity contribution in [2.75, 3.05) is 11.9 Å². The van der Waals surface area contributed by atoms with Gasteiger partial charge in [0.2, 0.25) is 0 Å². The zero-order valence-electron chi connectivity index (χ0n) is 8.46. The van der Waals surface area contributed by atoms with Crippen LogP contribution in [0.2, 0.25) is 0 Å². The Morgan fingerprint density at radius 1 is 1.40 bits per heavy atom. The minimum Gasteiger partial charge on any atom is -0.385 e. The minimum atomic E-state index is 0.760. The predicted octanol–water partition coefficient (Wildman–Crippen LogP) is 3.20. The fourth-order valence-electron chi connectivity index (χ4n) is 1.36. The van der Waals surface area contributed by atoms with Crippen molar-refractivity contribution in [1.82, 2.24) is 10.3 Å². The maximum absolute atomic E-state index is 4.67. The first kappa shape index (κ1) is 10.4. The van der Waals surface area contributed by atoms with E-state index in [0.717, 1.165) is 34.2 Å². The van der Waals surface area contributed by atoms with Gasteiger partial charge >= 0.3 is 0 Å². The summed E-state index contributed by atoms with van der Waals surface area (Å²) in [5.74, 6) is 0. The summed E-state index contributed by atoms with van der Waals surface area (Å²) in [5, 5.41) is 10.9. The van der Waals surface area contributed by atoms with Gasteiger partial charge in [-0.25, -0.2) is 4.63 Å². The SMILES string of the molecule is CCCCNc1cc(Br)c2nonc2c1. The Labute approximate surface area is 96.1 Å². The van der Waals surface area contributed by atoms with Crippen LogP contribution in [0.4, 0.5) is 5.69 Å². The molecule has 0 amide bonds. The molecule has 0 radical (unpaired) electrons. The predicted molar refractivity (Wildman–Crippen MR) is 62.9 cm³/mol. The average Bonchev–Trinajstić information content (AvgIpc) is 2.66. The molecule has 0 aliphatic heterocycles. The van der Waals surface area contributed by atoms with Crippen LogP contribution in [0, 0.1) is 0 Å². The lowest BCUT2D eigenvalue weighted by molar-refractivity contribution is 0.315. The number of halogens is 1. The van der Waals surface area contributed by atoms with Crippen LogP contribution in [0.15, 0.2) is 21.2 Å². The number of benzene rings is 1. The van der Waals surface area contributed by atoms with Crippen LogP contribution < -0.4 is 5.32 Å². The highest BCUT2D eigenvalue weighted by Crippen LogP contribution is 2.25. The van der Waals surface area contributed by atoms with Gasteiger partial charge in [0, 0.05) is 12.2 Å². The molecular formula is C10H12BrN3O. The third kappa shape index (κ3) is 2.28. The molecule has 15 heavy (non-hydrogen) atoms. The van der Waals surface area contributed by atoms with E-state index in [9.17, 15) is 0 Å². The number of fused-ring (bicyclic) bond motifs is 1. The lowest BCUT2D eigenvalue weighted by Crippen LogP contribution is -2.00. The molecule has 4 nitrogen and oxygen atoms in total. The molecule has 0 unspecified atom stereocenters. The van der Waals surface area contributed by atoms with Gasteiger partial charge in [0.15, 0.2) is 0 Å². The molecule has 1 aromatic heterocycles. The molecule has 0 bridgehead atoms. The number of aromatic nitrogens is 2. The number of anilines is 1. The van der Waals surface area contributed by atoms with Gasteiger partial charge in [-0.05, 0) is 44.8 Å². The first-order chi connectivity index (χ1) is 7.31. The van der Waals surface area contributed by atoms with Crippen molar-refractivity contribution in [3.05, 3.63) is 16.6 Å². The third-order valence-electron chi connectivity index (χ3n) is 2.17. The molecule has 0 saturated heterocycles. The zero-order valence-corrected chi connectivity index (χ0v) is 10.0. The van der Waals surface area contributed by atoms with Crippen molar-refractivity contribution < 1.29 is 4.63 Å². The summed E-state index contributed by atoms with van der Waals surface area (Å²) in [7, 11) is 0. The van der Waals surface area contributed by atoms with Gasteiger partial charge in [0.1, 0.15) is 11.0 Å². The summed E-state index contributed by atoms with van der Waals surface area (Å²) >= 11 is 3.43. The van der Waals surface area contributed by atoms with Gasteiger partial charge in [-0.15, -0.1) is 0 Å². The minimum absolute atomic E-state index is 0.760. The second-order valence-electron chi connectivity index (χ2n) is 3.37. The summed E-state index contributed by atoms with van der Waals surface area (Å²) in [4.78, 5) is 0. The van der Waals surface area contributed by atoms with E-state index in [1.165, 1.54) is 6.42 Å². The molecule has 0 aliphatic carbocycles. The number of nitrogens with one attached hydrogen (secondary N) is 1. The lowest BCUT2D eigenvalue weighted by Gasteiger charge is -2.05. The Balaban J connectivity index is 2.21. The number of rotatable bonds is 4. The van der Waals surface area contributed by atoms with E-state index in [-0.39, 0.29) is 0 Å². The summed E-state index contributed by atoms with van der Waals surface area (Å²) in [6, 6.07) is 3.93. The van der Waals surface area contributed by atoms with Gasteiger partial charge in [-0.1, -0.05) is 13.3 Å². The Morgan fingerprint density at radius 3 is 3.07 bits per heavy atom. The number of nitrogens with zero attached hydrogens (tertiary/aromatic N) is 2. The molecule has 0 fully saturated rings. The summed E-state index contributed by atoms with van der Waals surface area (Å²) in [6.45, 7) is 3.14. The first-order valence-corrected chi connectivity index (χ1v) is 5.76. The van der Waals surface area contributed by atoms with Crippen molar-refractivity contribution in [2.24, 2.45) is 0 Å². The third-order valence-corrected chi connectivity index (χ3v) is 2.78. The van der Waals surface area contributed by atoms with Gasteiger partial charge < -0.3 is 5.32 Å². The molecule has 0 saturated carbocycles. The largest absolute Gasteiger partial charge is 0.385 e. The highest BCUT2D eigenvalue weighted by atomic mass is 79.9. The molecular weight excluding hydrogens is 258 g/mol. The van der Waals surface area contributed by atoms with Crippen LogP contribution in [-0.2, 0) is 0 Å². The van der Waals surface area contributed by atoms with Crippen LogP contribution in [0.25, 0.3) is 11.0 Å². The standard InChI is InChI=1S/C10H12BrN3O/c1-2-3-4-12-7-5-8(11)10-9(6-7)13-15-14-10/h5-6,12H,2-4H2,1H3. The summed E-state index contributed by atoms with van der Waals surface area (Å²) < 4.78 is 5.57. The van der Waals surface area contributed by atoms with Crippen LogP contribution >= 0.6 is 15.9 Å². The second-order valence-corrected chi connectivity index (χ2v) is 4.22. The summed E-state index contributed by atoms with van der Waals surface area (Å²) in [6.07, 6.45) is 2.34. The van der Waals surface area contributed by atoms with Crippen LogP contribution in [0.5, 0.6) is 0 Å². The highest BCUT2D eigenvalue weighted by molar-refractivity contribution is 9.10. The Bertz CT molecular complexity index is 455. The number of hydrogen-bond donors (Lipinski definition) is 1. The van der Waals surface area contributed by atoms with Crippen molar-refractivity contribution in [3.8, 4) is 0 Å². The second kappa shape index (κ2) is 4.61. The van der Waals surface area contributed by atoms with Gasteiger partial charge in [-0.2, -0.15) is 0 Å². The van der Waals surface area contributed by atoms with E-state index >= 15 is 0 Å². The molecule has 5 heteroatoms. The van der Waals surface area contributed by atoms with Crippen molar-refractivity contribution in [1.29, 1.82) is 0 Å². The average molecular weight is 270 g/mol.